The van der Waals surface area contributed by atoms with Crippen LogP contribution in [0.4, 0.5) is 0 Å². The van der Waals surface area contributed by atoms with E-state index in [1.807, 2.05) is 13.8 Å². The fourth-order valence-electron chi connectivity index (χ4n) is 4.87. The lowest BCUT2D eigenvalue weighted by Gasteiger charge is -2.32. The molecule has 0 aromatic carbocycles. The molecule has 0 saturated heterocycles. The van der Waals surface area contributed by atoms with E-state index in [0.717, 1.165) is 64.4 Å². The molecular formula is C27H48N2O5. The Bertz CT molecular complexity index is 793. The summed E-state index contributed by atoms with van der Waals surface area (Å²) in [5, 5.41) is 19.5. The number of carboxylic acids is 1. The highest BCUT2D eigenvalue weighted by Gasteiger charge is 2.32. The smallest absolute Gasteiger partial charge is 0.331 e. The minimum atomic E-state index is -0.809. The molecule has 1 atom stereocenters. The third-order valence-corrected chi connectivity index (χ3v) is 7.81. The Balaban J connectivity index is 2.32. The second-order valence-electron chi connectivity index (χ2n) is 9.56. The number of aliphatic carboxylic acids is 1. The largest absolute Gasteiger partial charge is 0.493 e. The summed E-state index contributed by atoms with van der Waals surface area (Å²) in [5.41, 5.74) is -0.684. The van der Waals surface area contributed by atoms with E-state index in [2.05, 4.69) is 20.4 Å². The maximum atomic E-state index is 12.3. The summed E-state index contributed by atoms with van der Waals surface area (Å²) in [4.78, 5) is 23.8. The van der Waals surface area contributed by atoms with Gasteiger partial charge in [-0.05, 0) is 63.7 Å². The minimum absolute atomic E-state index is 0.0513. The van der Waals surface area contributed by atoms with Crippen LogP contribution in [-0.4, -0.2) is 38.5 Å². The molecule has 7 heteroatoms. The molecule has 1 aromatic heterocycles. The van der Waals surface area contributed by atoms with Crippen molar-refractivity contribution in [3.05, 3.63) is 29.3 Å². The molecule has 0 saturated carbocycles. The summed E-state index contributed by atoms with van der Waals surface area (Å²) in [7, 11) is 0. The third kappa shape index (κ3) is 8.33. The molecule has 196 valence electrons. The van der Waals surface area contributed by atoms with Crippen molar-refractivity contribution in [2.75, 3.05) is 13.2 Å². The number of aromatic nitrogens is 2. The first kappa shape index (κ1) is 30.0. The molecule has 34 heavy (non-hydrogen) atoms. The number of hydrogen-bond acceptors (Lipinski definition) is 4. The number of aromatic hydroxyl groups is 1. The predicted octanol–water partition coefficient (Wildman–Crippen LogP) is 5.99. The fourth-order valence-corrected chi connectivity index (χ4v) is 4.87. The number of nitrogens with zero attached hydrogens (tertiary/aromatic N) is 2. The second kappa shape index (κ2) is 15.1. The van der Waals surface area contributed by atoms with Gasteiger partial charge in [-0.25, -0.2) is 4.79 Å². The van der Waals surface area contributed by atoms with Crippen LogP contribution in [0.5, 0.6) is 5.88 Å². The van der Waals surface area contributed by atoms with Gasteiger partial charge in [-0.3, -0.25) is 13.9 Å². The lowest BCUT2D eigenvalue weighted by atomic mass is 9.74. The molecule has 1 unspecified atom stereocenters. The van der Waals surface area contributed by atoms with Crippen LogP contribution in [-0.2, 0) is 22.6 Å². The van der Waals surface area contributed by atoms with E-state index in [1.165, 1.54) is 15.3 Å². The molecule has 1 heterocycles. The lowest BCUT2D eigenvalue weighted by Crippen LogP contribution is -2.27. The highest BCUT2D eigenvalue weighted by molar-refractivity contribution is 5.76. The van der Waals surface area contributed by atoms with E-state index >= 15 is 0 Å². The van der Waals surface area contributed by atoms with Gasteiger partial charge in [0.25, 0.3) is 0 Å². The molecule has 0 spiro atoms. The van der Waals surface area contributed by atoms with E-state index < -0.39 is 11.4 Å². The van der Waals surface area contributed by atoms with Gasteiger partial charge < -0.3 is 14.9 Å². The van der Waals surface area contributed by atoms with E-state index in [4.69, 9.17) is 4.74 Å². The zero-order valence-corrected chi connectivity index (χ0v) is 22.0. The summed E-state index contributed by atoms with van der Waals surface area (Å²) in [6.07, 6.45) is 13.3. The van der Waals surface area contributed by atoms with Crippen LogP contribution >= 0.6 is 0 Å². The Hall–Kier alpha value is -2.02. The Morgan fingerprint density at radius 1 is 1.00 bits per heavy atom. The average molecular weight is 481 g/mol. The molecular weight excluding hydrogens is 432 g/mol. The van der Waals surface area contributed by atoms with Gasteiger partial charge in [0.15, 0.2) is 0 Å². The highest BCUT2D eigenvalue weighted by atomic mass is 16.5. The van der Waals surface area contributed by atoms with Crippen molar-refractivity contribution in [2.45, 2.75) is 111 Å². The molecule has 0 fully saturated rings. The van der Waals surface area contributed by atoms with E-state index in [0.29, 0.717) is 32.5 Å². The summed E-state index contributed by atoms with van der Waals surface area (Å²) >= 11 is 0. The van der Waals surface area contributed by atoms with Crippen molar-refractivity contribution in [1.29, 1.82) is 0 Å². The van der Waals surface area contributed by atoms with E-state index in [1.54, 1.807) is 6.08 Å². The van der Waals surface area contributed by atoms with Crippen LogP contribution in [0, 0.1) is 10.8 Å². The number of unbranched alkanes of at least 4 members (excludes halogenated alkanes) is 2. The first-order chi connectivity index (χ1) is 16.2. The van der Waals surface area contributed by atoms with Gasteiger partial charge in [-0.2, -0.15) is 0 Å². The normalized spacial score (nSPS) is 13.6. The molecule has 1 rings (SSSR count). The topological polar surface area (TPSA) is 93.7 Å². The maximum absolute atomic E-state index is 12.3. The van der Waals surface area contributed by atoms with Crippen molar-refractivity contribution in [1.82, 2.24) is 9.13 Å². The average Bonchev–Trinajstić information content (AvgIpc) is 3.12. The maximum Gasteiger partial charge on any atom is 0.331 e. The highest BCUT2D eigenvalue weighted by Crippen LogP contribution is 2.37. The predicted molar refractivity (Wildman–Crippen MR) is 137 cm³/mol. The summed E-state index contributed by atoms with van der Waals surface area (Å²) in [6.45, 7) is 14.5. The quantitative estimate of drug-likeness (QED) is 0.177. The zero-order chi connectivity index (χ0) is 25.6. The van der Waals surface area contributed by atoms with Crippen LogP contribution in [0.3, 0.4) is 0 Å². The number of hydrogen-bond donors (Lipinski definition) is 2. The van der Waals surface area contributed by atoms with Gasteiger partial charge in [-0.15, -0.1) is 6.58 Å². The lowest BCUT2D eigenvalue weighted by molar-refractivity contribution is -0.146. The van der Waals surface area contributed by atoms with Crippen molar-refractivity contribution >= 4 is 5.97 Å². The molecule has 0 aliphatic heterocycles. The van der Waals surface area contributed by atoms with Crippen molar-refractivity contribution in [2.24, 2.45) is 10.8 Å². The van der Waals surface area contributed by atoms with Crippen molar-refractivity contribution < 1.29 is 19.7 Å². The van der Waals surface area contributed by atoms with Crippen LogP contribution in [0.25, 0.3) is 0 Å². The summed E-state index contributed by atoms with van der Waals surface area (Å²) in [5.74, 6) is -0.736. The molecule has 0 aliphatic carbocycles. The molecule has 0 aliphatic rings. The summed E-state index contributed by atoms with van der Waals surface area (Å²) in [6, 6.07) is 0. The Kier molecular flexibility index (Phi) is 13.3. The molecule has 0 amide bonds. The third-order valence-electron chi connectivity index (χ3n) is 7.81. The van der Waals surface area contributed by atoms with Crippen molar-refractivity contribution in [3.8, 4) is 5.88 Å². The second-order valence-corrected chi connectivity index (χ2v) is 9.56. The molecule has 0 radical (unpaired) electrons. The number of aryl methyl sites for hydroxylation is 1. The van der Waals surface area contributed by atoms with Gasteiger partial charge >= 0.3 is 11.7 Å². The van der Waals surface area contributed by atoms with Crippen molar-refractivity contribution in [3.63, 3.8) is 0 Å². The van der Waals surface area contributed by atoms with Crippen LogP contribution in [0.15, 0.2) is 23.6 Å². The molecule has 2 N–H and O–H groups in total. The Morgan fingerprint density at radius 3 is 2.06 bits per heavy atom. The fraction of sp³-hybridized carbons (Fsp3) is 0.778. The standard InChI is InChI=1S/C27H48N2O5/c1-6-26(7-2,17-15-19-29-23(30)22-28(10-5)25(29)33)16-11-13-20-34-21-14-12-18-27(8-3,9-4)24(31)32/h8,22,30H,3,6-7,9-21H2,1-2,4-5H3,(H,31,32). The van der Waals surface area contributed by atoms with E-state index in [9.17, 15) is 19.8 Å². The Morgan fingerprint density at radius 2 is 1.59 bits per heavy atom. The van der Waals surface area contributed by atoms with Gasteiger partial charge in [0.2, 0.25) is 5.88 Å². The van der Waals surface area contributed by atoms with Gasteiger partial charge in [-0.1, -0.05) is 46.1 Å². The minimum Gasteiger partial charge on any atom is -0.493 e. The molecule has 1 aromatic rings. The summed E-state index contributed by atoms with van der Waals surface area (Å²) < 4.78 is 8.81. The van der Waals surface area contributed by atoms with Crippen LogP contribution in [0.2, 0.25) is 0 Å². The molecule has 0 bridgehead atoms. The zero-order valence-electron chi connectivity index (χ0n) is 22.0. The van der Waals surface area contributed by atoms with Crippen LogP contribution < -0.4 is 5.69 Å². The number of imidazole rings is 1. The van der Waals surface area contributed by atoms with Crippen LogP contribution in [0.1, 0.15) is 98.3 Å². The monoisotopic (exact) mass is 480 g/mol. The SMILES string of the molecule is C=CC(CC)(CCCCOCCCCC(CC)(CC)CCCn1c(O)cn(CC)c1=O)C(=O)O. The number of carboxylic acid groups (broad SMARTS) is 1. The van der Waals surface area contributed by atoms with E-state index in [-0.39, 0.29) is 17.0 Å². The Labute approximate surface area is 205 Å². The molecule has 7 nitrogen and oxygen atoms in total. The van der Waals surface area contributed by atoms with Gasteiger partial charge in [0, 0.05) is 26.3 Å². The first-order valence-electron chi connectivity index (χ1n) is 13.2. The number of rotatable bonds is 20. The number of carbonyl (C=O) groups is 1. The van der Waals surface area contributed by atoms with Gasteiger partial charge in [0.1, 0.15) is 0 Å². The first-order valence-corrected chi connectivity index (χ1v) is 13.2. The number of ether oxygens (including phenoxy) is 1. The van der Waals surface area contributed by atoms with Gasteiger partial charge in [0.05, 0.1) is 11.6 Å².